The molecule has 0 aliphatic heterocycles. The molecule has 0 radical (unpaired) electrons. The van der Waals surface area contributed by atoms with Gasteiger partial charge in [-0.1, -0.05) is 30.3 Å². The van der Waals surface area contributed by atoms with Gasteiger partial charge in [0, 0.05) is 18.1 Å². The van der Waals surface area contributed by atoms with Crippen molar-refractivity contribution in [3.63, 3.8) is 0 Å². The second-order valence-corrected chi connectivity index (χ2v) is 5.06. The van der Waals surface area contributed by atoms with Gasteiger partial charge in [-0.2, -0.15) is 0 Å². The molecule has 5 heteroatoms. The third-order valence-corrected chi connectivity index (χ3v) is 3.38. The molecule has 0 saturated heterocycles. The minimum Gasteiger partial charge on any atom is -0.322 e. The van der Waals surface area contributed by atoms with E-state index >= 15 is 0 Å². The maximum Gasteiger partial charge on any atom is 0.257 e. The highest BCUT2D eigenvalue weighted by molar-refractivity contribution is 6.12. The Bertz CT molecular complexity index is 849. The first-order chi connectivity index (χ1) is 11.7. The monoisotopic (exact) mass is 317 g/mol. The normalized spacial score (nSPS) is 10.0. The molecule has 0 aliphatic rings. The van der Waals surface area contributed by atoms with Gasteiger partial charge in [-0.15, -0.1) is 0 Å². The van der Waals surface area contributed by atoms with Crippen molar-refractivity contribution in [3.05, 3.63) is 90.3 Å². The minimum absolute atomic E-state index is 0.289. The predicted molar refractivity (Wildman–Crippen MR) is 93.0 cm³/mol. The van der Waals surface area contributed by atoms with E-state index in [1.165, 1.54) is 6.20 Å². The van der Waals surface area contributed by atoms with Crippen molar-refractivity contribution in [3.8, 4) is 0 Å². The number of carbonyl (C=O) groups is 2. The summed E-state index contributed by atoms with van der Waals surface area (Å²) in [6.07, 6.45) is 3.07. The molecule has 3 rings (SSSR count). The number of carbonyl (C=O) groups excluding carboxylic acids is 2. The van der Waals surface area contributed by atoms with Crippen LogP contribution in [0.4, 0.5) is 11.4 Å². The lowest BCUT2D eigenvalue weighted by atomic mass is 10.1. The zero-order chi connectivity index (χ0) is 16.8. The van der Waals surface area contributed by atoms with E-state index in [1.54, 1.807) is 54.7 Å². The average molecular weight is 317 g/mol. The van der Waals surface area contributed by atoms with Gasteiger partial charge in [0.2, 0.25) is 0 Å². The van der Waals surface area contributed by atoms with Crippen LogP contribution in [0.15, 0.2) is 79.1 Å². The minimum atomic E-state index is -0.317. The molecule has 1 heterocycles. The van der Waals surface area contributed by atoms with E-state index < -0.39 is 0 Å². The number of rotatable bonds is 4. The number of aromatic nitrogens is 1. The maximum absolute atomic E-state index is 12.5. The summed E-state index contributed by atoms with van der Waals surface area (Å²) in [5.74, 6) is -0.605. The van der Waals surface area contributed by atoms with Crippen molar-refractivity contribution in [2.24, 2.45) is 0 Å². The molecule has 2 N–H and O–H groups in total. The number of nitrogens with one attached hydrogen (secondary N) is 2. The topological polar surface area (TPSA) is 71.1 Å². The van der Waals surface area contributed by atoms with Crippen LogP contribution in [0.25, 0.3) is 0 Å². The molecule has 1 aromatic heterocycles. The summed E-state index contributed by atoms with van der Waals surface area (Å²) in [7, 11) is 0. The third-order valence-electron chi connectivity index (χ3n) is 3.38. The lowest BCUT2D eigenvalue weighted by Gasteiger charge is -2.11. The Morgan fingerprint density at radius 2 is 1.50 bits per heavy atom. The molecule has 0 spiro atoms. The summed E-state index contributed by atoms with van der Waals surface area (Å²) >= 11 is 0. The Hall–Kier alpha value is -3.47. The molecule has 0 aliphatic carbocycles. The molecular formula is C19H15N3O2. The Labute approximate surface area is 139 Å². The number of para-hydroxylation sites is 2. The van der Waals surface area contributed by atoms with Gasteiger partial charge < -0.3 is 10.6 Å². The summed E-state index contributed by atoms with van der Waals surface area (Å²) in [5.41, 5.74) is 1.95. The molecule has 2 aromatic carbocycles. The van der Waals surface area contributed by atoms with Crippen LogP contribution in [0, 0.1) is 0 Å². The lowest BCUT2D eigenvalue weighted by molar-refractivity contribution is 0.102. The van der Waals surface area contributed by atoms with Crippen LogP contribution in [0.2, 0.25) is 0 Å². The quantitative estimate of drug-likeness (QED) is 0.772. The van der Waals surface area contributed by atoms with Crippen LogP contribution in [0.1, 0.15) is 20.7 Å². The Morgan fingerprint density at radius 3 is 2.25 bits per heavy atom. The van der Waals surface area contributed by atoms with Crippen molar-refractivity contribution in [2.75, 3.05) is 10.6 Å². The Kier molecular flexibility index (Phi) is 4.62. The number of benzene rings is 2. The molecule has 24 heavy (non-hydrogen) atoms. The lowest BCUT2D eigenvalue weighted by Crippen LogP contribution is -2.18. The van der Waals surface area contributed by atoms with Crippen LogP contribution in [0.5, 0.6) is 0 Å². The van der Waals surface area contributed by atoms with E-state index in [1.807, 2.05) is 18.2 Å². The summed E-state index contributed by atoms with van der Waals surface area (Å²) in [4.78, 5) is 28.7. The molecular weight excluding hydrogens is 302 g/mol. The molecule has 5 nitrogen and oxygen atoms in total. The Morgan fingerprint density at radius 1 is 0.750 bits per heavy atom. The largest absolute Gasteiger partial charge is 0.322 e. The fraction of sp³-hybridized carbons (Fsp3) is 0. The molecule has 0 unspecified atom stereocenters. The van der Waals surface area contributed by atoms with Crippen LogP contribution >= 0.6 is 0 Å². The van der Waals surface area contributed by atoms with Gasteiger partial charge >= 0.3 is 0 Å². The average Bonchev–Trinajstić information content (AvgIpc) is 2.63. The van der Waals surface area contributed by atoms with Crippen LogP contribution < -0.4 is 10.6 Å². The van der Waals surface area contributed by atoms with E-state index in [0.29, 0.717) is 22.5 Å². The number of pyridine rings is 1. The van der Waals surface area contributed by atoms with Crippen molar-refractivity contribution >= 4 is 23.2 Å². The molecule has 3 aromatic rings. The van der Waals surface area contributed by atoms with Gasteiger partial charge in [0.05, 0.1) is 16.8 Å². The number of anilines is 2. The summed E-state index contributed by atoms with van der Waals surface area (Å²) in [6, 6.07) is 19.4. The van der Waals surface area contributed by atoms with Crippen LogP contribution in [0.3, 0.4) is 0 Å². The summed E-state index contributed by atoms with van der Waals surface area (Å²) in [5, 5.41) is 5.56. The van der Waals surface area contributed by atoms with Crippen LogP contribution in [-0.4, -0.2) is 16.8 Å². The third kappa shape index (κ3) is 3.64. The number of amides is 2. The van der Waals surface area contributed by atoms with Gasteiger partial charge in [-0.3, -0.25) is 14.6 Å². The van der Waals surface area contributed by atoms with Gasteiger partial charge in [0.1, 0.15) is 0 Å². The number of hydrogen-bond acceptors (Lipinski definition) is 3. The van der Waals surface area contributed by atoms with E-state index in [4.69, 9.17) is 0 Å². The SMILES string of the molecule is O=C(Nc1ccccc1C(=O)Nc1ccccc1)c1cccnc1. The standard InChI is InChI=1S/C19H15N3O2/c23-18(14-7-6-12-20-13-14)22-17-11-5-4-10-16(17)19(24)21-15-8-2-1-3-9-15/h1-13H,(H,21,24)(H,22,23). The highest BCUT2D eigenvalue weighted by atomic mass is 16.2. The fourth-order valence-corrected chi connectivity index (χ4v) is 2.20. The van der Waals surface area contributed by atoms with Gasteiger partial charge in [-0.25, -0.2) is 0 Å². The molecule has 2 amide bonds. The maximum atomic E-state index is 12.5. The van der Waals surface area contributed by atoms with E-state index in [9.17, 15) is 9.59 Å². The van der Waals surface area contributed by atoms with E-state index in [-0.39, 0.29) is 11.8 Å². The molecule has 0 atom stereocenters. The number of nitrogens with zero attached hydrogens (tertiary/aromatic N) is 1. The fourth-order valence-electron chi connectivity index (χ4n) is 2.20. The van der Waals surface area contributed by atoms with Crippen LogP contribution in [-0.2, 0) is 0 Å². The van der Waals surface area contributed by atoms with Gasteiger partial charge in [-0.05, 0) is 36.4 Å². The molecule has 0 saturated carbocycles. The summed E-state index contributed by atoms with van der Waals surface area (Å²) < 4.78 is 0. The molecule has 0 bridgehead atoms. The first kappa shape index (κ1) is 15.4. The van der Waals surface area contributed by atoms with E-state index in [2.05, 4.69) is 15.6 Å². The zero-order valence-electron chi connectivity index (χ0n) is 12.8. The second-order valence-electron chi connectivity index (χ2n) is 5.06. The van der Waals surface area contributed by atoms with Gasteiger partial charge in [0.15, 0.2) is 0 Å². The predicted octanol–water partition coefficient (Wildman–Crippen LogP) is 3.59. The van der Waals surface area contributed by atoms with E-state index in [0.717, 1.165) is 0 Å². The smallest absolute Gasteiger partial charge is 0.257 e. The highest BCUT2D eigenvalue weighted by Crippen LogP contribution is 2.18. The Balaban J connectivity index is 1.80. The first-order valence-corrected chi connectivity index (χ1v) is 7.41. The van der Waals surface area contributed by atoms with Gasteiger partial charge in [0.25, 0.3) is 11.8 Å². The van der Waals surface area contributed by atoms with Crippen molar-refractivity contribution in [1.82, 2.24) is 4.98 Å². The summed E-state index contributed by atoms with van der Waals surface area (Å²) in [6.45, 7) is 0. The van der Waals surface area contributed by atoms with Crippen molar-refractivity contribution in [2.45, 2.75) is 0 Å². The van der Waals surface area contributed by atoms with Crippen molar-refractivity contribution in [1.29, 1.82) is 0 Å². The van der Waals surface area contributed by atoms with Crippen molar-refractivity contribution < 1.29 is 9.59 Å². The molecule has 0 fully saturated rings. The second kappa shape index (κ2) is 7.19. The highest BCUT2D eigenvalue weighted by Gasteiger charge is 2.14. The zero-order valence-corrected chi connectivity index (χ0v) is 12.8. The molecule has 118 valence electrons. The first-order valence-electron chi connectivity index (χ1n) is 7.41. The number of hydrogen-bond donors (Lipinski definition) is 2.